The second-order valence-electron chi connectivity index (χ2n) is 4.01. The van der Waals surface area contributed by atoms with Crippen molar-refractivity contribution < 1.29 is 35.2 Å². The molecule has 112 valence electrons. The van der Waals surface area contributed by atoms with Gasteiger partial charge in [0, 0.05) is 17.1 Å². The zero-order valence-electron chi connectivity index (χ0n) is 11.8. The van der Waals surface area contributed by atoms with Crippen LogP contribution in [0.4, 0.5) is 0 Å². The standard InChI is InChI=1S/C12H27O4P.Fe/c1-4-7-10-14-17(13,15-11-8-5-2)16-12-9-6-3;/h4-12H2,1-3H3;. The predicted molar refractivity (Wildman–Crippen MR) is 70.2 cm³/mol. The van der Waals surface area contributed by atoms with Gasteiger partial charge in [0.15, 0.2) is 0 Å². The minimum Gasteiger partial charge on any atom is -0.287 e. The molecule has 0 aromatic carbocycles. The van der Waals surface area contributed by atoms with Crippen molar-refractivity contribution in [3.05, 3.63) is 0 Å². The van der Waals surface area contributed by atoms with Crippen molar-refractivity contribution in [1.82, 2.24) is 0 Å². The number of hydrogen-bond donors (Lipinski definition) is 0. The molecule has 0 heterocycles. The molecule has 0 spiro atoms. The Balaban J connectivity index is 0. The van der Waals surface area contributed by atoms with Gasteiger partial charge in [0.25, 0.3) is 0 Å². The van der Waals surface area contributed by atoms with E-state index in [2.05, 4.69) is 20.8 Å². The maximum absolute atomic E-state index is 12.2. The Morgan fingerprint density at radius 3 is 1.22 bits per heavy atom. The van der Waals surface area contributed by atoms with Gasteiger partial charge in [-0.1, -0.05) is 40.0 Å². The number of phosphoric ester groups is 1. The van der Waals surface area contributed by atoms with Crippen molar-refractivity contribution >= 4 is 7.82 Å². The van der Waals surface area contributed by atoms with Crippen LogP contribution in [0, 0.1) is 0 Å². The smallest absolute Gasteiger partial charge is 0.287 e. The number of hydrogen-bond acceptors (Lipinski definition) is 4. The summed E-state index contributed by atoms with van der Waals surface area (Å²) in [6.45, 7) is 7.49. The van der Waals surface area contributed by atoms with E-state index >= 15 is 0 Å². The van der Waals surface area contributed by atoms with Crippen LogP contribution in [0.15, 0.2) is 0 Å². The molecule has 0 amide bonds. The van der Waals surface area contributed by atoms with Crippen LogP contribution in [0.2, 0.25) is 0 Å². The van der Waals surface area contributed by atoms with Crippen LogP contribution in [0.1, 0.15) is 59.3 Å². The molecule has 0 radical (unpaired) electrons. The normalized spacial score (nSPS) is 11.3. The van der Waals surface area contributed by atoms with Crippen molar-refractivity contribution in [2.24, 2.45) is 0 Å². The monoisotopic (exact) mass is 322 g/mol. The molecule has 18 heavy (non-hydrogen) atoms. The van der Waals surface area contributed by atoms with E-state index < -0.39 is 7.82 Å². The Kier molecular flexibility index (Phi) is 16.3. The Morgan fingerprint density at radius 1 is 0.722 bits per heavy atom. The van der Waals surface area contributed by atoms with Crippen LogP contribution in [0.25, 0.3) is 0 Å². The first kappa shape index (κ1) is 20.9. The zero-order chi connectivity index (χ0) is 13.0. The Morgan fingerprint density at radius 2 is 1.00 bits per heavy atom. The Labute approximate surface area is 122 Å². The van der Waals surface area contributed by atoms with E-state index in [9.17, 15) is 4.57 Å². The van der Waals surface area contributed by atoms with Gasteiger partial charge < -0.3 is 0 Å². The van der Waals surface area contributed by atoms with E-state index in [0.29, 0.717) is 19.8 Å². The molecule has 0 aliphatic rings. The summed E-state index contributed by atoms with van der Waals surface area (Å²) in [6, 6.07) is 0. The minimum atomic E-state index is -3.31. The Bertz CT molecular complexity index is 181. The third-order valence-electron chi connectivity index (χ3n) is 2.24. The Hall–Kier alpha value is 0.629. The fourth-order valence-electron chi connectivity index (χ4n) is 1.07. The van der Waals surface area contributed by atoms with Crippen LogP contribution in [-0.2, 0) is 35.2 Å². The third-order valence-corrected chi connectivity index (χ3v) is 3.74. The van der Waals surface area contributed by atoms with E-state index in [-0.39, 0.29) is 17.1 Å². The van der Waals surface area contributed by atoms with E-state index in [4.69, 9.17) is 13.6 Å². The van der Waals surface area contributed by atoms with Crippen LogP contribution in [-0.4, -0.2) is 19.8 Å². The van der Waals surface area contributed by atoms with E-state index in [0.717, 1.165) is 38.5 Å². The number of rotatable bonds is 12. The van der Waals surface area contributed by atoms with Crippen molar-refractivity contribution in [2.45, 2.75) is 59.3 Å². The summed E-state index contributed by atoms with van der Waals surface area (Å²) in [5.41, 5.74) is 0. The van der Waals surface area contributed by atoms with E-state index in [1.807, 2.05) is 0 Å². The van der Waals surface area contributed by atoms with Gasteiger partial charge in [0.1, 0.15) is 0 Å². The predicted octanol–water partition coefficient (Wildman–Crippen LogP) is 4.54. The first-order valence-corrected chi connectivity index (χ1v) is 8.18. The molecule has 4 nitrogen and oxygen atoms in total. The van der Waals surface area contributed by atoms with Crippen LogP contribution >= 0.6 is 7.82 Å². The summed E-state index contributed by atoms with van der Waals surface area (Å²) in [4.78, 5) is 0. The third kappa shape index (κ3) is 11.7. The van der Waals surface area contributed by atoms with Crippen molar-refractivity contribution in [2.75, 3.05) is 19.8 Å². The van der Waals surface area contributed by atoms with Gasteiger partial charge in [0.05, 0.1) is 19.8 Å². The zero-order valence-corrected chi connectivity index (χ0v) is 13.8. The number of phosphoric acid groups is 1. The summed E-state index contributed by atoms with van der Waals surface area (Å²) in [7, 11) is -3.31. The van der Waals surface area contributed by atoms with Crippen molar-refractivity contribution in [3.63, 3.8) is 0 Å². The largest absolute Gasteiger partial charge is 0.474 e. The van der Waals surface area contributed by atoms with Gasteiger partial charge in [-0.25, -0.2) is 4.57 Å². The van der Waals surface area contributed by atoms with E-state index in [1.54, 1.807) is 0 Å². The van der Waals surface area contributed by atoms with Crippen molar-refractivity contribution in [3.8, 4) is 0 Å². The quantitative estimate of drug-likeness (QED) is 0.300. The molecule has 6 heteroatoms. The molecule has 0 aliphatic carbocycles. The maximum atomic E-state index is 12.2. The number of unbranched alkanes of at least 4 members (excludes halogenated alkanes) is 3. The molecule has 0 N–H and O–H groups in total. The van der Waals surface area contributed by atoms with Gasteiger partial charge >= 0.3 is 7.82 Å². The summed E-state index contributed by atoms with van der Waals surface area (Å²) in [5, 5.41) is 0. The van der Waals surface area contributed by atoms with Gasteiger partial charge in [-0.05, 0) is 19.3 Å². The molecule has 0 aromatic heterocycles. The average Bonchev–Trinajstić information content (AvgIpc) is 2.30. The van der Waals surface area contributed by atoms with Gasteiger partial charge in [-0.15, -0.1) is 0 Å². The summed E-state index contributed by atoms with van der Waals surface area (Å²) in [5.74, 6) is 0. The molecule has 0 aliphatic heterocycles. The molecule has 0 atom stereocenters. The molecule has 0 fully saturated rings. The molecular weight excluding hydrogens is 295 g/mol. The first-order valence-electron chi connectivity index (χ1n) is 6.72. The molecule has 0 saturated heterocycles. The molecular formula is C12H27FeO4P. The molecule has 0 rings (SSSR count). The summed E-state index contributed by atoms with van der Waals surface area (Å²) in [6.07, 6.45) is 5.63. The fourth-order valence-corrected chi connectivity index (χ4v) is 2.36. The molecule has 0 aromatic rings. The molecule has 0 saturated carbocycles. The van der Waals surface area contributed by atoms with Gasteiger partial charge in [-0.2, -0.15) is 0 Å². The van der Waals surface area contributed by atoms with Gasteiger partial charge in [-0.3, -0.25) is 13.6 Å². The summed E-state index contributed by atoms with van der Waals surface area (Å²) >= 11 is 0. The first-order chi connectivity index (χ1) is 8.18. The summed E-state index contributed by atoms with van der Waals surface area (Å²) < 4.78 is 28.0. The molecule has 0 unspecified atom stereocenters. The molecule has 0 bridgehead atoms. The fraction of sp³-hybridized carbons (Fsp3) is 1.00. The SMILES string of the molecule is CCCCOP(=O)(OCCCC)OCCCC.[Fe]. The second-order valence-corrected chi connectivity index (χ2v) is 5.68. The van der Waals surface area contributed by atoms with Crippen LogP contribution in [0.3, 0.4) is 0 Å². The van der Waals surface area contributed by atoms with Gasteiger partial charge in [0.2, 0.25) is 0 Å². The topological polar surface area (TPSA) is 44.8 Å². The van der Waals surface area contributed by atoms with Crippen LogP contribution in [0.5, 0.6) is 0 Å². The van der Waals surface area contributed by atoms with Crippen LogP contribution < -0.4 is 0 Å². The second kappa shape index (κ2) is 14.0. The minimum absolute atomic E-state index is 0. The maximum Gasteiger partial charge on any atom is 0.474 e. The average molecular weight is 322 g/mol. The van der Waals surface area contributed by atoms with E-state index in [1.165, 1.54) is 0 Å². The van der Waals surface area contributed by atoms with Crippen molar-refractivity contribution in [1.29, 1.82) is 0 Å².